The normalized spacial score (nSPS) is 17.8. The fourth-order valence-electron chi connectivity index (χ4n) is 5.76. The van der Waals surface area contributed by atoms with Crippen molar-refractivity contribution in [3.63, 3.8) is 0 Å². The fourth-order valence-corrected chi connectivity index (χ4v) is 6.81. The quantitative estimate of drug-likeness (QED) is 0.229. The first-order valence-corrected chi connectivity index (χ1v) is 17.1. The van der Waals surface area contributed by atoms with Crippen LogP contribution in [0.1, 0.15) is 30.5 Å². The summed E-state index contributed by atoms with van der Waals surface area (Å²) in [7, 11) is -1.78. The van der Waals surface area contributed by atoms with Crippen molar-refractivity contribution in [2.75, 3.05) is 31.5 Å². The predicted molar refractivity (Wildman–Crippen MR) is 182 cm³/mol. The maximum absolute atomic E-state index is 13.6. The van der Waals surface area contributed by atoms with Crippen LogP contribution in [0.25, 0.3) is 11.1 Å². The van der Waals surface area contributed by atoms with Gasteiger partial charge in [0, 0.05) is 36.8 Å². The first-order chi connectivity index (χ1) is 22.0. The standard InChI is InChI=1S/C37H43N3O5S/c1-26-10-17-34(18-11-26)46(43,44)38-33-16-19-35-32(20-33)21-37(42)40(28(3)25-41)22-27(2)36(45-35)24-39(4)23-29-12-14-31(15-13-29)30-8-6-5-7-9-30/h5-20,27-28,36,38,41H,21-25H2,1-4H3/t27-,28-,36-/m1/s1. The number of carbonyl (C=O) groups excluding carboxylic acids is 1. The fraction of sp³-hybridized carbons (Fsp3) is 0.324. The molecule has 9 heteroatoms. The van der Waals surface area contributed by atoms with Gasteiger partial charge >= 0.3 is 0 Å². The number of carbonyl (C=O) groups is 1. The second-order valence-corrected chi connectivity index (χ2v) is 14.1. The van der Waals surface area contributed by atoms with Crippen LogP contribution in [-0.2, 0) is 27.8 Å². The molecule has 46 heavy (non-hydrogen) atoms. The van der Waals surface area contributed by atoms with Crippen LogP contribution in [-0.4, -0.2) is 68.1 Å². The minimum atomic E-state index is -3.83. The molecule has 3 atom stereocenters. The van der Waals surface area contributed by atoms with E-state index in [2.05, 4.69) is 60.0 Å². The molecule has 0 unspecified atom stereocenters. The van der Waals surface area contributed by atoms with E-state index in [1.807, 2.05) is 32.0 Å². The van der Waals surface area contributed by atoms with Crippen LogP contribution >= 0.6 is 0 Å². The molecule has 4 aromatic rings. The summed E-state index contributed by atoms with van der Waals surface area (Å²) >= 11 is 0. The molecule has 0 saturated carbocycles. The van der Waals surface area contributed by atoms with Crippen LogP contribution < -0.4 is 9.46 Å². The molecule has 1 heterocycles. The van der Waals surface area contributed by atoms with Gasteiger partial charge in [-0.25, -0.2) is 8.42 Å². The lowest BCUT2D eigenvalue weighted by Gasteiger charge is -2.34. The van der Waals surface area contributed by atoms with Gasteiger partial charge in [-0.1, -0.05) is 79.2 Å². The van der Waals surface area contributed by atoms with E-state index >= 15 is 0 Å². The van der Waals surface area contributed by atoms with E-state index in [9.17, 15) is 18.3 Å². The number of benzene rings is 4. The van der Waals surface area contributed by atoms with Crippen LogP contribution in [0.2, 0.25) is 0 Å². The number of nitrogens with zero attached hydrogens (tertiary/aromatic N) is 2. The molecule has 1 aliphatic heterocycles. The number of aryl methyl sites for hydroxylation is 1. The van der Waals surface area contributed by atoms with Gasteiger partial charge in [0.2, 0.25) is 5.91 Å². The molecular formula is C37H43N3O5S. The van der Waals surface area contributed by atoms with Gasteiger partial charge in [-0.3, -0.25) is 14.4 Å². The maximum atomic E-state index is 13.6. The number of sulfonamides is 1. The molecule has 8 nitrogen and oxygen atoms in total. The Bertz CT molecular complexity index is 1730. The predicted octanol–water partition coefficient (Wildman–Crippen LogP) is 5.74. The van der Waals surface area contributed by atoms with Crippen LogP contribution in [0.15, 0.2) is 102 Å². The molecule has 0 fully saturated rings. The summed E-state index contributed by atoms with van der Waals surface area (Å²) in [5.74, 6) is 0.346. The highest BCUT2D eigenvalue weighted by Gasteiger charge is 2.31. The van der Waals surface area contributed by atoms with Crippen LogP contribution in [0.4, 0.5) is 5.69 Å². The monoisotopic (exact) mass is 641 g/mol. The molecule has 2 N–H and O–H groups in total. The van der Waals surface area contributed by atoms with Gasteiger partial charge in [0.15, 0.2) is 0 Å². The molecule has 5 rings (SSSR count). The molecule has 1 amide bonds. The van der Waals surface area contributed by atoms with Gasteiger partial charge in [-0.2, -0.15) is 0 Å². The van der Waals surface area contributed by atoms with Crippen molar-refractivity contribution in [1.82, 2.24) is 9.80 Å². The molecule has 4 aromatic carbocycles. The van der Waals surface area contributed by atoms with Crippen molar-refractivity contribution in [3.05, 3.63) is 114 Å². The number of hydrogen-bond donors (Lipinski definition) is 2. The molecule has 0 spiro atoms. The number of fused-ring (bicyclic) bond motifs is 1. The first-order valence-electron chi connectivity index (χ1n) is 15.6. The number of aliphatic hydroxyl groups is 1. The van der Waals surface area contributed by atoms with Gasteiger partial charge < -0.3 is 14.7 Å². The summed E-state index contributed by atoms with van der Waals surface area (Å²) in [5.41, 5.74) is 5.41. The summed E-state index contributed by atoms with van der Waals surface area (Å²) in [5, 5.41) is 9.97. The second kappa shape index (κ2) is 14.5. The molecule has 0 aromatic heterocycles. The highest BCUT2D eigenvalue weighted by Crippen LogP contribution is 2.30. The zero-order valence-electron chi connectivity index (χ0n) is 26.9. The molecular weight excluding hydrogens is 598 g/mol. The maximum Gasteiger partial charge on any atom is 0.261 e. The summed E-state index contributed by atoms with van der Waals surface area (Å²) in [4.78, 5) is 17.7. The van der Waals surface area contributed by atoms with Crippen LogP contribution in [0, 0.1) is 12.8 Å². The minimum Gasteiger partial charge on any atom is -0.488 e. The largest absolute Gasteiger partial charge is 0.488 e. The van der Waals surface area contributed by atoms with E-state index in [1.165, 1.54) is 16.7 Å². The Hall–Kier alpha value is -4.18. The Labute approximate surface area is 272 Å². The molecule has 1 aliphatic rings. The number of rotatable bonds is 10. The van der Waals surface area contributed by atoms with Crippen molar-refractivity contribution in [3.8, 4) is 16.9 Å². The highest BCUT2D eigenvalue weighted by atomic mass is 32.2. The Morgan fingerprint density at radius 2 is 1.65 bits per heavy atom. The van der Waals surface area contributed by atoms with Gasteiger partial charge in [-0.15, -0.1) is 0 Å². The van der Waals surface area contributed by atoms with Crippen LogP contribution in [0.3, 0.4) is 0 Å². The minimum absolute atomic E-state index is 0.0167. The van der Waals surface area contributed by atoms with E-state index in [1.54, 1.807) is 47.4 Å². The lowest BCUT2D eigenvalue weighted by Crippen LogP contribution is -2.47. The van der Waals surface area contributed by atoms with E-state index in [-0.39, 0.29) is 41.9 Å². The summed E-state index contributed by atoms with van der Waals surface area (Å²) in [6, 6.07) is 30.2. The van der Waals surface area contributed by atoms with Gasteiger partial charge in [0.25, 0.3) is 10.0 Å². The number of anilines is 1. The zero-order chi connectivity index (χ0) is 32.8. The number of ether oxygens (including phenoxy) is 1. The average Bonchev–Trinajstić information content (AvgIpc) is 3.08. The first kappa shape index (κ1) is 33.2. The Morgan fingerprint density at radius 3 is 2.33 bits per heavy atom. The number of amides is 1. The molecule has 0 radical (unpaired) electrons. The van der Waals surface area contributed by atoms with Crippen molar-refractivity contribution in [1.29, 1.82) is 0 Å². The van der Waals surface area contributed by atoms with E-state index in [4.69, 9.17) is 4.74 Å². The Morgan fingerprint density at radius 1 is 0.978 bits per heavy atom. The highest BCUT2D eigenvalue weighted by molar-refractivity contribution is 7.92. The SMILES string of the molecule is Cc1ccc(S(=O)(=O)Nc2ccc3c(c2)CC(=O)N([C@H](C)CO)C[C@@H](C)[C@@H](CN(C)Cc2ccc(-c4ccccc4)cc2)O3)cc1. The average molecular weight is 642 g/mol. The molecule has 0 aliphatic carbocycles. The lowest BCUT2D eigenvalue weighted by atomic mass is 10.0. The summed E-state index contributed by atoms with van der Waals surface area (Å²) in [6.07, 6.45) is -0.259. The third-order valence-corrected chi connectivity index (χ3v) is 9.90. The summed E-state index contributed by atoms with van der Waals surface area (Å²) < 4.78 is 35.5. The van der Waals surface area contributed by atoms with E-state index in [0.717, 1.165) is 5.56 Å². The second-order valence-electron chi connectivity index (χ2n) is 12.4. The van der Waals surface area contributed by atoms with Gasteiger partial charge in [0.1, 0.15) is 11.9 Å². The van der Waals surface area contributed by atoms with Gasteiger partial charge in [-0.05, 0) is 67.9 Å². The summed E-state index contributed by atoms with van der Waals surface area (Å²) in [6.45, 7) is 7.36. The topological polar surface area (TPSA) is 99.2 Å². The number of likely N-dealkylation sites (N-methyl/N-ethyl adjacent to an activating group) is 1. The van der Waals surface area contributed by atoms with Crippen molar-refractivity contribution < 1.29 is 23.1 Å². The Kier molecular flexibility index (Phi) is 10.5. The molecule has 242 valence electrons. The van der Waals surface area contributed by atoms with Gasteiger partial charge in [0.05, 0.1) is 24.0 Å². The number of hydrogen-bond acceptors (Lipinski definition) is 6. The number of nitrogens with one attached hydrogen (secondary N) is 1. The van der Waals surface area contributed by atoms with Crippen LogP contribution in [0.5, 0.6) is 5.75 Å². The third-order valence-electron chi connectivity index (χ3n) is 8.51. The number of aliphatic hydroxyl groups excluding tert-OH is 1. The molecule has 0 bridgehead atoms. The third kappa shape index (κ3) is 8.15. The lowest BCUT2D eigenvalue weighted by molar-refractivity contribution is -0.134. The van der Waals surface area contributed by atoms with E-state index in [0.29, 0.717) is 36.6 Å². The van der Waals surface area contributed by atoms with Crippen molar-refractivity contribution >= 4 is 21.6 Å². The Balaban J connectivity index is 1.37. The van der Waals surface area contributed by atoms with E-state index < -0.39 is 10.0 Å². The van der Waals surface area contributed by atoms with Crippen molar-refractivity contribution in [2.24, 2.45) is 5.92 Å². The zero-order valence-corrected chi connectivity index (χ0v) is 27.7. The smallest absolute Gasteiger partial charge is 0.261 e. The van der Waals surface area contributed by atoms with Crippen molar-refractivity contribution in [2.45, 2.75) is 50.8 Å². The molecule has 0 saturated heterocycles.